The second-order valence-electron chi connectivity index (χ2n) is 8.25. The van der Waals surface area contributed by atoms with E-state index in [0.717, 1.165) is 35.3 Å². The molecule has 3 aromatic heterocycles. The van der Waals surface area contributed by atoms with Crippen LogP contribution in [0, 0.1) is 6.92 Å². The lowest BCUT2D eigenvalue weighted by Gasteiger charge is -2.10. The van der Waals surface area contributed by atoms with Crippen LogP contribution in [0.25, 0.3) is 33.3 Å². The van der Waals surface area contributed by atoms with Gasteiger partial charge in [0.05, 0.1) is 46.8 Å². The highest BCUT2D eigenvalue weighted by molar-refractivity contribution is 6.36. The first-order chi connectivity index (χ1) is 15.5. The minimum absolute atomic E-state index is 0.387. The summed E-state index contributed by atoms with van der Waals surface area (Å²) in [6.07, 6.45) is 6.90. The van der Waals surface area contributed by atoms with Gasteiger partial charge in [-0.05, 0) is 44.0 Å². The summed E-state index contributed by atoms with van der Waals surface area (Å²) in [4.78, 5) is 16.8. The van der Waals surface area contributed by atoms with E-state index in [2.05, 4.69) is 20.1 Å². The molecule has 8 nitrogen and oxygen atoms in total. The zero-order valence-electron chi connectivity index (χ0n) is 17.2. The average molecular weight is 447 g/mol. The second kappa shape index (κ2) is 7.01. The first-order valence-corrected chi connectivity index (χ1v) is 10.7. The average Bonchev–Trinajstić information content (AvgIpc) is 3.16. The molecular weight excluding hydrogens is 428 g/mol. The molecule has 1 saturated carbocycles. The van der Waals surface area contributed by atoms with Crippen LogP contribution in [-0.2, 0) is 6.54 Å². The molecule has 0 atom stereocenters. The molecule has 0 unspecified atom stereocenters. The molecule has 2 N–H and O–H groups in total. The molecule has 5 aromatic rings. The van der Waals surface area contributed by atoms with Crippen LogP contribution in [0.2, 0.25) is 5.02 Å². The van der Waals surface area contributed by atoms with Crippen LogP contribution in [0.3, 0.4) is 0 Å². The number of nitrogens with one attached hydrogen (secondary N) is 1. The van der Waals surface area contributed by atoms with Gasteiger partial charge in [0.15, 0.2) is 0 Å². The van der Waals surface area contributed by atoms with Crippen molar-refractivity contribution in [1.29, 1.82) is 0 Å². The number of imidazole rings is 1. The molecule has 0 bridgehead atoms. The van der Waals surface area contributed by atoms with Gasteiger partial charge in [-0.25, -0.2) is 9.97 Å². The van der Waals surface area contributed by atoms with Crippen LogP contribution in [0.15, 0.2) is 48.9 Å². The zero-order valence-corrected chi connectivity index (χ0v) is 18.0. The maximum absolute atomic E-state index is 10.1. The van der Waals surface area contributed by atoms with E-state index in [1.807, 2.05) is 37.4 Å². The lowest BCUT2D eigenvalue weighted by molar-refractivity contribution is 0.125. The molecule has 0 saturated heterocycles. The third-order valence-electron chi connectivity index (χ3n) is 5.63. The van der Waals surface area contributed by atoms with Crippen LogP contribution in [-0.4, -0.2) is 40.4 Å². The number of halogens is 1. The number of aryl methyl sites for hydroxylation is 1. The van der Waals surface area contributed by atoms with Gasteiger partial charge in [0.1, 0.15) is 27.9 Å². The van der Waals surface area contributed by atoms with Gasteiger partial charge in [-0.3, -0.25) is 9.67 Å². The fourth-order valence-electron chi connectivity index (χ4n) is 3.74. The molecule has 2 aromatic carbocycles. The van der Waals surface area contributed by atoms with Gasteiger partial charge in [-0.1, -0.05) is 11.6 Å². The normalized spacial score (nSPS) is 14.8. The van der Waals surface area contributed by atoms with E-state index in [1.54, 1.807) is 23.1 Å². The lowest BCUT2D eigenvalue weighted by Crippen LogP contribution is -2.16. The molecule has 3 heterocycles. The van der Waals surface area contributed by atoms with Crippen molar-refractivity contribution in [3.63, 3.8) is 0 Å². The first kappa shape index (κ1) is 19.2. The highest BCUT2D eigenvalue weighted by Gasteiger charge is 2.40. The standard InChI is InChI=1S/C23H19ClN6O2/c1-13-27-16-3-2-15(8-18(16)28-13)32-20-5-4-17-22(21(20)24)29-19(10-25-17)14-9-26-30(11-14)12-23(31)6-7-23/h2-5,8-11,31H,6-7,12H2,1H3,(H,27,28). The maximum atomic E-state index is 10.1. The molecule has 1 aliphatic rings. The minimum Gasteiger partial charge on any atom is -0.456 e. The predicted molar refractivity (Wildman–Crippen MR) is 121 cm³/mol. The van der Waals surface area contributed by atoms with Crippen LogP contribution >= 0.6 is 11.6 Å². The molecule has 32 heavy (non-hydrogen) atoms. The van der Waals surface area contributed by atoms with Crippen molar-refractivity contribution >= 4 is 33.7 Å². The van der Waals surface area contributed by atoms with E-state index in [9.17, 15) is 5.11 Å². The van der Waals surface area contributed by atoms with E-state index in [1.165, 1.54) is 0 Å². The van der Waals surface area contributed by atoms with Crippen LogP contribution in [0.5, 0.6) is 11.5 Å². The Labute approximate surface area is 187 Å². The number of hydrogen-bond donors (Lipinski definition) is 2. The molecule has 160 valence electrons. The van der Waals surface area contributed by atoms with Crippen LogP contribution < -0.4 is 4.74 Å². The summed E-state index contributed by atoms with van der Waals surface area (Å²) >= 11 is 6.67. The Hall–Kier alpha value is -3.49. The van der Waals surface area contributed by atoms with E-state index in [-0.39, 0.29) is 0 Å². The van der Waals surface area contributed by atoms with Crippen molar-refractivity contribution in [2.45, 2.75) is 31.9 Å². The van der Waals surface area contributed by atoms with Crippen LogP contribution in [0.1, 0.15) is 18.7 Å². The van der Waals surface area contributed by atoms with Crippen molar-refractivity contribution in [1.82, 2.24) is 29.7 Å². The fraction of sp³-hybridized carbons (Fsp3) is 0.217. The Morgan fingerprint density at radius 1 is 1.16 bits per heavy atom. The summed E-state index contributed by atoms with van der Waals surface area (Å²) in [5.41, 5.74) is 3.84. The highest BCUT2D eigenvalue weighted by atomic mass is 35.5. The maximum Gasteiger partial charge on any atom is 0.148 e. The van der Waals surface area contributed by atoms with E-state index >= 15 is 0 Å². The van der Waals surface area contributed by atoms with Crippen molar-refractivity contribution in [2.75, 3.05) is 0 Å². The van der Waals surface area contributed by atoms with Crippen molar-refractivity contribution in [2.24, 2.45) is 0 Å². The molecule has 0 aliphatic heterocycles. The Balaban J connectivity index is 1.33. The molecule has 0 amide bonds. The minimum atomic E-state index is -0.619. The molecular formula is C23H19ClN6O2. The van der Waals surface area contributed by atoms with Gasteiger partial charge < -0.3 is 14.8 Å². The molecule has 0 radical (unpaired) electrons. The van der Waals surface area contributed by atoms with Gasteiger partial charge in [-0.2, -0.15) is 5.10 Å². The number of aliphatic hydroxyl groups is 1. The SMILES string of the molecule is Cc1nc2ccc(Oc3ccc4ncc(-c5cnn(CC6(O)CC6)c5)nc4c3Cl)cc2[nH]1. The van der Waals surface area contributed by atoms with Crippen molar-refractivity contribution in [3.05, 3.63) is 59.8 Å². The monoisotopic (exact) mass is 446 g/mol. The zero-order chi connectivity index (χ0) is 21.9. The quantitative estimate of drug-likeness (QED) is 0.407. The second-order valence-corrected chi connectivity index (χ2v) is 8.63. The summed E-state index contributed by atoms with van der Waals surface area (Å²) in [5, 5.41) is 14.9. The van der Waals surface area contributed by atoms with Gasteiger partial charge in [0.25, 0.3) is 0 Å². The first-order valence-electron chi connectivity index (χ1n) is 10.3. The largest absolute Gasteiger partial charge is 0.456 e. The molecule has 6 rings (SSSR count). The predicted octanol–water partition coefficient (Wildman–Crippen LogP) is 4.65. The number of nitrogens with zero attached hydrogens (tertiary/aromatic N) is 5. The third-order valence-corrected chi connectivity index (χ3v) is 5.99. The number of H-pyrrole nitrogens is 1. The number of benzene rings is 2. The van der Waals surface area contributed by atoms with E-state index < -0.39 is 5.60 Å². The van der Waals surface area contributed by atoms with Crippen molar-refractivity contribution < 1.29 is 9.84 Å². The fourth-order valence-corrected chi connectivity index (χ4v) is 3.98. The number of ether oxygens (including phenoxy) is 1. The number of aromatic amines is 1. The Kier molecular flexibility index (Phi) is 4.21. The smallest absolute Gasteiger partial charge is 0.148 e. The van der Waals surface area contributed by atoms with Gasteiger partial charge >= 0.3 is 0 Å². The van der Waals surface area contributed by atoms with Crippen LogP contribution in [0.4, 0.5) is 0 Å². The summed E-state index contributed by atoms with van der Waals surface area (Å²) in [5.74, 6) is 1.98. The molecule has 1 aliphatic carbocycles. The Morgan fingerprint density at radius 2 is 2.00 bits per heavy atom. The molecule has 1 fully saturated rings. The number of rotatable bonds is 5. The van der Waals surface area contributed by atoms with E-state index in [4.69, 9.17) is 21.3 Å². The summed E-state index contributed by atoms with van der Waals surface area (Å²) < 4.78 is 7.79. The molecule has 9 heteroatoms. The van der Waals surface area contributed by atoms with Gasteiger partial charge in [-0.15, -0.1) is 0 Å². The van der Waals surface area contributed by atoms with Crippen molar-refractivity contribution in [3.8, 4) is 22.8 Å². The third kappa shape index (κ3) is 3.47. The van der Waals surface area contributed by atoms with E-state index in [0.29, 0.717) is 39.8 Å². The Morgan fingerprint density at radius 3 is 2.84 bits per heavy atom. The lowest BCUT2D eigenvalue weighted by atomic mass is 10.2. The molecule has 0 spiro atoms. The number of hydrogen-bond acceptors (Lipinski definition) is 6. The number of aromatic nitrogens is 6. The number of fused-ring (bicyclic) bond motifs is 2. The van der Waals surface area contributed by atoms with Gasteiger partial charge in [0.2, 0.25) is 0 Å². The summed E-state index contributed by atoms with van der Waals surface area (Å²) in [6, 6.07) is 9.26. The Bertz CT molecular complexity index is 1490. The topological polar surface area (TPSA) is 102 Å². The highest BCUT2D eigenvalue weighted by Crippen LogP contribution is 2.37. The summed E-state index contributed by atoms with van der Waals surface area (Å²) in [7, 11) is 0. The van der Waals surface area contributed by atoms with Gasteiger partial charge in [0, 0.05) is 17.8 Å². The summed E-state index contributed by atoms with van der Waals surface area (Å²) in [6.45, 7) is 2.39.